The molecule has 3 heterocycles. The molecule has 0 spiro atoms. The van der Waals surface area contributed by atoms with E-state index in [2.05, 4.69) is 15.0 Å². The number of anilines is 1. The number of imidazole rings is 1. The van der Waals surface area contributed by atoms with Gasteiger partial charge in [-0.25, -0.2) is 9.37 Å². The standard InChI is InChI=1S/C15H12ClF4N5O/c16-10-2-1-8(21)14(26)25(10)6-11-23-12-7(17)5-22-9(13(12)24-11)3-4-15(18,19)20/h1-2,5H,3-4,6,21H2,(H,23,24). The number of pyridine rings is 2. The first-order chi connectivity index (χ1) is 12.2. The summed E-state index contributed by atoms with van der Waals surface area (Å²) in [5, 5.41) is 0.0838. The van der Waals surface area contributed by atoms with Crippen molar-refractivity contribution in [2.75, 3.05) is 5.73 Å². The lowest BCUT2D eigenvalue weighted by atomic mass is 10.2. The van der Waals surface area contributed by atoms with E-state index in [4.69, 9.17) is 17.3 Å². The predicted octanol–water partition coefficient (Wildman–Crippen LogP) is 3.04. The molecule has 0 aliphatic rings. The Kier molecular flexibility index (Phi) is 4.61. The number of aromatic amines is 1. The molecule has 3 rings (SSSR count). The number of hydrogen-bond acceptors (Lipinski definition) is 4. The zero-order chi connectivity index (χ0) is 19.1. The Morgan fingerprint density at radius 1 is 1.31 bits per heavy atom. The van der Waals surface area contributed by atoms with Crippen molar-refractivity contribution < 1.29 is 17.6 Å². The van der Waals surface area contributed by atoms with Crippen LogP contribution in [-0.4, -0.2) is 25.7 Å². The van der Waals surface area contributed by atoms with Gasteiger partial charge >= 0.3 is 6.18 Å². The maximum Gasteiger partial charge on any atom is 0.389 e. The molecule has 0 atom stereocenters. The van der Waals surface area contributed by atoms with Gasteiger partial charge in [0.15, 0.2) is 5.82 Å². The van der Waals surface area contributed by atoms with Crippen molar-refractivity contribution in [1.29, 1.82) is 0 Å². The Morgan fingerprint density at radius 3 is 2.73 bits per heavy atom. The second kappa shape index (κ2) is 6.60. The minimum absolute atomic E-state index is 0.0310. The molecule has 0 radical (unpaired) electrons. The van der Waals surface area contributed by atoms with Crippen LogP contribution < -0.4 is 11.3 Å². The number of hydrogen-bond donors (Lipinski definition) is 2. The van der Waals surface area contributed by atoms with Crippen LogP contribution in [0.4, 0.5) is 23.2 Å². The fraction of sp³-hybridized carbons (Fsp3) is 0.267. The lowest BCUT2D eigenvalue weighted by Gasteiger charge is -2.07. The SMILES string of the molecule is Nc1ccc(Cl)n(Cc2nc3c(F)cnc(CCC(F)(F)F)c3[nH]2)c1=O. The topological polar surface area (TPSA) is 89.6 Å². The van der Waals surface area contributed by atoms with E-state index < -0.39 is 30.4 Å². The summed E-state index contributed by atoms with van der Waals surface area (Å²) in [6.07, 6.45) is -5.08. The third-order valence-electron chi connectivity index (χ3n) is 3.70. The van der Waals surface area contributed by atoms with E-state index in [1.54, 1.807) is 0 Å². The van der Waals surface area contributed by atoms with E-state index in [1.165, 1.54) is 12.1 Å². The minimum Gasteiger partial charge on any atom is -0.394 e. The summed E-state index contributed by atoms with van der Waals surface area (Å²) in [4.78, 5) is 22.5. The van der Waals surface area contributed by atoms with Crippen LogP contribution in [0.5, 0.6) is 0 Å². The van der Waals surface area contributed by atoms with Crippen molar-refractivity contribution in [3.63, 3.8) is 0 Å². The first kappa shape index (κ1) is 18.2. The van der Waals surface area contributed by atoms with Gasteiger partial charge in [-0.05, 0) is 12.1 Å². The third-order valence-corrected chi connectivity index (χ3v) is 4.03. The molecular weight excluding hydrogens is 378 g/mol. The summed E-state index contributed by atoms with van der Waals surface area (Å²) in [7, 11) is 0. The number of rotatable bonds is 4. The summed E-state index contributed by atoms with van der Waals surface area (Å²) in [5.41, 5.74) is 4.88. The number of nitrogens with zero attached hydrogens (tertiary/aromatic N) is 3. The summed E-state index contributed by atoms with van der Waals surface area (Å²) in [5.74, 6) is -0.654. The molecule has 138 valence electrons. The summed E-state index contributed by atoms with van der Waals surface area (Å²) >= 11 is 5.97. The van der Waals surface area contributed by atoms with Crippen LogP contribution in [0, 0.1) is 5.82 Å². The number of nitrogen functional groups attached to an aromatic ring is 1. The zero-order valence-electron chi connectivity index (χ0n) is 13.1. The molecule has 0 saturated heterocycles. The Balaban J connectivity index is 2.00. The fourth-order valence-corrected chi connectivity index (χ4v) is 2.66. The highest BCUT2D eigenvalue weighted by Crippen LogP contribution is 2.25. The Morgan fingerprint density at radius 2 is 2.04 bits per heavy atom. The van der Waals surface area contributed by atoms with E-state index >= 15 is 0 Å². The van der Waals surface area contributed by atoms with Crippen LogP contribution in [-0.2, 0) is 13.0 Å². The largest absolute Gasteiger partial charge is 0.394 e. The van der Waals surface area contributed by atoms with Gasteiger partial charge in [-0.2, -0.15) is 13.2 Å². The van der Waals surface area contributed by atoms with Gasteiger partial charge in [0.2, 0.25) is 0 Å². The summed E-state index contributed by atoms with van der Waals surface area (Å²) in [6.45, 7) is -0.157. The molecule has 0 saturated carbocycles. The Bertz CT molecular complexity index is 1030. The Labute approximate surface area is 148 Å². The van der Waals surface area contributed by atoms with Crippen molar-refractivity contribution in [2.45, 2.75) is 25.6 Å². The molecule has 0 fully saturated rings. The molecular formula is C15H12ClF4N5O. The quantitative estimate of drug-likeness (QED) is 0.530. The van der Waals surface area contributed by atoms with Gasteiger partial charge < -0.3 is 10.7 Å². The highest BCUT2D eigenvalue weighted by molar-refractivity contribution is 6.29. The molecule has 0 aliphatic heterocycles. The molecule has 11 heteroatoms. The molecule has 3 aromatic rings. The van der Waals surface area contributed by atoms with E-state index in [1.807, 2.05) is 0 Å². The fourth-order valence-electron chi connectivity index (χ4n) is 2.46. The number of nitrogens with one attached hydrogen (secondary N) is 1. The molecule has 0 bridgehead atoms. The van der Waals surface area contributed by atoms with E-state index in [0.29, 0.717) is 0 Å². The van der Waals surface area contributed by atoms with Crippen molar-refractivity contribution in [3.05, 3.63) is 51.2 Å². The van der Waals surface area contributed by atoms with Crippen LogP contribution >= 0.6 is 11.6 Å². The zero-order valence-corrected chi connectivity index (χ0v) is 13.8. The monoisotopic (exact) mass is 389 g/mol. The molecule has 6 nitrogen and oxygen atoms in total. The highest BCUT2D eigenvalue weighted by Gasteiger charge is 2.27. The van der Waals surface area contributed by atoms with E-state index in [9.17, 15) is 22.4 Å². The second-order valence-corrected chi connectivity index (χ2v) is 5.97. The van der Waals surface area contributed by atoms with Gasteiger partial charge in [0.25, 0.3) is 5.56 Å². The summed E-state index contributed by atoms with van der Waals surface area (Å²) in [6, 6.07) is 2.76. The molecule has 3 N–H and O–H groups in total. The van der Waals surface area contributed by atoms with Crippen molar-refractivity contribution >= 4 is 28.3 Å². The van der Waals surface area contributed by atoms with Crippen LogP contribution in [0.25, 0.3) is 11.0 Å². The first-order valence-corrected chi connectivity index (χ1v) is 7.77. The normalized spacial score (nSPS) is 12.0. The van der Waals surface area contributed by atoms with Gasteiger partial charge in [-0.3, -0.25) is 14.3 Å². The van der Waals surface area contributed by atoms with Crippen LogP contribution in [0.2, 0.25) is 5.15 Å². The molecule has 0 aliphatic carbocycles. The number of aromatic nitrogens is 4. The number of halogens is 5. The number of alkyl halides is 3. The molecule has 0 aromatic carbocycles. The molecule has 0 amide bonds. The van der Waals surface area contributed by atoms with Crippen LogP contribution in [0.15, 0.2) is 23.1 Å². The molecule has 3 aromatic heterocycles. The smallest absolute Gasteiger partial charge is 0.389 e. The first-order valence-electron chi connectivity index (χ1n) is 7.39. The number of aryl methyl sites for hydroxylation is 1. The van der Waals surface area contributed by atoms with Gasteiger partial charge in [0.05, 0.1) is 29.6 Å². The average Bonchev–Trinajstić information content (AvgIpc) is 2.99. The van der Waals surface area contributed by atoms with Gasteiger partial charge in [-0.1, -0.05) is 11.6 Å². The maximum atomic E-state index is 13.9. The predicted molar refractivity (Wildman–Crippen MR) is 87.4 cm³/mol. The third kappa shape index (κ3) is 3.64. The maximum absolute atomic E-state index is 13.9. The second-order valence-electron chi connectivity index (χ2n) is 5.58. The van der Waals surface area contributed by atoms with Gasteiger partial charge in [0.1, 0.15) is 16.5 Å². The average molecular weight is 390 g/mol. The molecule has 26 heavy (non-hydrogen) atoms. The lowest BCUT2D eigenvalue weighted by molar-refractivity contribution is -0.134. The number of fused-ring (bicyclic) bond motifs is 1. The highest BCUT2D eigenvalue weighted by atomic mass is 35.5. The van der Waals surface area contributed by atoms with Crippen LogP contribution in [0.3, 0.4) is 0 Å². The van der Waals surface area contributed by atoms with Crippen molar-refractivity contribution in [3.8, 4) is 0 Å². The van der Waals surface area contributed by atoms with Gasteiger partial charge in [-0.15, -0.1) is 0 Å². The van der Waals surface area contributed by atoms with Crippen molar-refractivity contribution in [2.24, 2.45) is 0 Å². The molecule has 0 unspecified atom stereocenters. The Hall–Kier alpha value is -2.62. The number of nitrogens with two attached hydrogens (primary N) is 1. The van der Waals surface area contributed by atoms with E-state index in [0.717, 1.165) is 10.8 Å². The minimum atomic E-state index is -4.37. The lowest BCUT2D eigenvalue weighted by Crippen LogP contribution is -2.24. The number of H-pyrrole nitrogens is 1. The van der Waals surface area contributed by atoms with Crippen LogP contribution in [0.1, 0.15) is 17.9 Å². The van der Waals surface area contributed by atoms with E-state index in [-0.39, 0.29) is 39.9 Å². The van der Waals surface area contributed by atoms with Crippen molar-refractivity contribution in [1.82, 2.24) is 19.5 Å². The summed E-state index contributed by atoms with van der Waals surface area (Å²) < 4.78 is 52.4. The van der Waals surface area contributed by atoms with Gasteiger partial charge in [0, 0.05) is 12.8 Å².